The van der Waals surface area contributed by atoms with Crippen LogP contribution >= 0.6 is 0 Å². The highest BCUT2D eigenvalue weighted by atomic mass is 16.2. The molecule has 2 heterocycles. The molecule has 1 aliphatic heterocycles. The number of hydrogen-bond donors (Lipinski definition) is 4. The fraction of sp³-hybridized carbons (Fsp3) is 0.400. The highest BCUT2D eigenvalue weighted by Gasteiger charge is 2.59. The van der Waals surface area contributed by atoms with E-state index >= 15 is 0 Å². The molecule has 8 rings (SSSR count). The number of nitrogens with one attached hydrogen (secondary N) is 4. The van der Waals surface area contributed by atoms with Gasteiger partial charge in [0.05, 0.1) is 5.41 Å². The van der Waals surface area contributed by atoms with E-state index in [2.05, 4.69) is 26.3 Å². The highest BCUT2D eigenvalue weighted by Crippen LogP contribution is 2.56. The summed E-state index contributed by atoms with van der Waals surface area (Å²) in [6, 6.07) is 17.6. The van der Waals surface area contributed by atoms with Crippen LogP contribution in [0.15, 0.2) is 60.8 Å². The van der Waals surface area contributed by atoms with E-state index in [1.54, 1.807) is 11.1 Å². The van der Waals surface area contributed by atoms with Crippen molar-refractivity contribution in [1.29, 1.82) is 0 Å². The molecule has 1 spiro atoms. The SMILES string of the molecule is CNCc1ccccc1CN(CC(=O)Nc1ccc2c(c1)C[C@@]1(C2)C(=O)Nc2ncccc21)C(=O)C1CC2(NC(C)=O)CC1C2. The largest absolute Gasteiger partial charge is 0.351 e. The maximum absolute atomic E-state index is 14.1. The number of fused-ring (bicyclic) bond motifs is 4. The summed E-state index contributed by atoms with van der Waals surface area (Å²) in [7, 11) is 1.88. The quantitative estimate of drug-likeness (QED) is 0.296. The van der Waals surface area contributed by atoms with Crippen LogP contribution in [0.3, 0.4) is 0 Å². The molecule has 0 radical (unpaired) electrons. The number of aromatic nitrogens is 1. The summed E-state index contributed by atoms with van der Waals surface area (Å²) in [5.41, 5.74) is 4.71. The van der Waals surface area contributed by atoms with Crippen molar-refractivity contribution < 1.29 is 19.2 Å². The van der Waals surface area contributed by atoms with Crippen LogP contribution in [0.25, 0.3) is 0 Å². The number of rotatable bonds is 9. The first-order valence-electron chi connectivity index (χ1n) is 15.7. The summed E-state index contributed by atoms with van der Waals surface area (Å²) in [5, 5.41) is 12.2. The Labute approximate surface area is 262 Å². The van der Waals surface area contributed by atoms with Gasteiger partial charge < -0.3 is 26.2 Å². The van der Waals surface area contributed by atoms with E-state index in [4.69, 9.17) is 0 Å². The molecule has 4 amide bonds. The van der Waals surface area contributed by atoms with Crippen molar-refractivity contribution in [2.45, 2.75) is 63.1 Å². The van der Waals surface area contributed by atoms with Crippen LogP contribution in [-0.2, 0) is 50.5 Å². The smallest absolute Gasteiger partial charge is 0.244 e. The third-order valence-electron chi connectivity index (χ3n) is 10.2. The van der Waals surface area contributed by atoms with Crippen LogP contribution in [0, 0.1) is 11.8 Å². The topological polar surface area (TPSA) is 133 Å². The number of carbonyl (C=O) groups excluding carboxylic acids is 4. The third kappa shape index (κ3) is 5.16. The summed E-state index contributed by atoms with van der Waals surface area (Å²) in [4.78, 5) is 58.6. The number of nitrogens with zero attached hydrogens (tertiary/aromatic N) is 2. The number of amides is 4. The summed E-state index contributed by atoms with van der Waals surface area (Å²) >= 11 is 0. The van der Waals surface area contributed by atoms with Gasteiger partial charge in [-0.2, -0.15) is 0 Å². The number of pyridine rings is 1. The Hall–Kier alpha value is -4.57. The first kappa shape index (κ1) is 29.2. The van der Waals surface area contributed by atoms with E-state index in [9.17, 15) is 19.2 Å². The zero-order chi connectivity index (χ0) is 31.3. The summed E-state index contributed by atoms with van der Waals surface area (Å²) in [6.07, 6.45) is 4.99. The van der Waals surface area contributed by atoms with Crippen LogP contribution in [0.2, 0.25) is 0 Å². The lowest BCUT2D eigenvalue weighted by Crippen LogP contribution is -2.51. The molecule has 45 heavy (non-hydrogen) atoms. The average molecular weight is 607 g/mol. The van der Waals surface area contributed by atoms with Gasteiger partial charge in [-0.1, -0.05) is 36.4 Å². The minimum absolute atomic E-state index is 0.0456. The molecule has 10 heteroatoms. The minimum Gasteiger partial charge on any atom is -0.351 e. The van der Waals surface area contributed by atoms with Crippen LogP contribution in [0.4, 0.5) is 11.5 Å². The minimum atomic E-state index is -0.685. The van der Waals surface area contributed by atoms with Gasteiger partial charge in [0.15, 0.2) is 0 Å². The molecule has 4 aliphatic carbocycles. The molecule has 0 saturated heterocycles. The van der Waals surface area contributed by atoms with Crippen molar-refractivity contribution in [2.24, 2.45) is 11.8 Å². The zero-order valence-electron chi connectivity index (χ0n) is 25.6. The Balaban J connectivity index is 1.09. The van der Waals surface area contributed by atoms with Gasteiger partial charge in [-0.15, -0.1) is 0 Å². The van der Waals surface area contributed by atoms with Gasteiger partial charge in [0.1, 0.15) is 12.4 Å². The van der Waals surface area contributed by atoms with Gasteiger partial charge in [0.2, 0.25) is 23.6 Å². The van der Waals surface area contributed by atoms with Crippen molar-refractivity contribution in [3.05, 3.63) is 88.6 Å². The van der Waals surface area contributed by atoms with Gasteiger partial charge in [-0.25, -0.2) is 4.98 Å². The molecule has 2 atom stereocenters. The number of carbonyl (C=O) groups is 4. The second kappa shape index (κ2) is 11.1. The van der Waals surface area contributed by atoms with E-state index < -0.39 is 5.41 Å². The molecular weight excluding hydrogens is 568 g/mol. The number of hydrogen-bond acceptors (Lipinski definition) is 6. The van der Waals surface area contributed by atoms with Crippen molar-refractivity contribution in [1.82, 2.24) is 20.5 Å². The molecular formula is C35H38N6O4. The molecule has 3 saturated carbocycles. The Morgan fingerprint density at radius 3 is 2.56 bits per heavy atom. The Kier molecular flexibility index (Phi) is 7.19. The van der Waals surface area contributed by atoms with E-state index in [0.717, 1.165) is 40.7 Å². The van der Waals surface area contributed by atoms with E-state index in [-0.39, 0.29) is 47.5 Å². The molecule has 1 aromatic heterocycles. The second-order valence-corrected chi connectivity index (χ2v) is 13.3. The monoisotopic (exact) mass is 606 g/mol. The van der Waals surface area contributed by atoms with Crippen molar-refractivity contribution in [3.8, 4) is 0 Å². The zero-order valence-corrected chi connectivity index (χ0v) is 25.6. The van der Waals surface area contributed by atoms with Crippen LogP contribution in [0.5, 0.6) is 0 Å². The van der Waals surface area contributed by atoms with Gasteiger partial charge >= 0.3 is 0 Å². The van der Waals surface area contributed by atoms with Gasteiger partial charge in [0.25, 0.3) is 0 Å². The Bertz CT molecular complexity index is 1720. The van der Waals surface area contributed by atoms with Crippen molar-refractivity contribution >= 4 is 35.1 Å². The Morgan fingerprint density at radius 2 is 1.78 bits per heavy atom. The second-order valence-electron chi connectivity index (χ2n) is 13.3. The summed E-state index contributed by atoms with van der Waals surface area (Å²) < 4.78 is 0. The lowest BCUT2D eigenvalue weighted by molar-refractivity contribution is -0.139. The fourth-order valence-corrected chi connectivity index (χ4v) is 8.24. The highest BCUT2D eigenvalue weighted by molar-refractivity contribution is 6.06. The summed E-state index contributed by atoms with van der Waals surface area (Å²) in [5.74, 6) is 0.149. The molecule has 10 nitrogen and oxygen atoms in total. The molecule has 1 unspecified atom stereocenters. The van der Waals surface area contributed by atoms with Gasteiger partial charge in [0, 0.05) is 48.9 Å². The van der Waals surface area contributed by atoms with E-state index in [1.807, 2.05) is 61.6 Å². The van der Waals surface area contributed by atoms with Gasteiger partial charge in [-0.3, -0.25) is 19.2 Å². The lowest BCUT2D eigenvalue weighted by Gasteiger charge is -2.39. The van der Waals surface area contributed by atoms with Gasteiger partial charge in [-0.05, 0) is 85.5 Å². The molecule has 3 aromatic rings. The van der Waals surface area contributed by atoms with Crippen LogP contribution in [-0.4, -0.2) is 52.6 Å². The van der Waals surface area contributed by atoms with Crippen LogP contribution in [0.1, 0.15) is 54.0 Å². The van der Waals surface area contributed by atoms with E-state index in [1.165, 1.54) is 6.92 Å². The lowest BCUT2D eigenvalue weighted by atomic mass is 9.76. The predicted octanol–water partition coefficient (Wildman–Crippen LogP) is 3.06. The fourth-order valence-electron chi connectivity index (χ4n) is 8.24. The van der Waals surface area contributed by atoms with Crippen molar-refractivity contribution in [3.63, 3.8) is 0 Å². The van der Waals surface area contributed by atoms with E-state index in [0.29, 0.717) is 43.9 Å². The molecule has 232 valence electrons. The molecule has 2 bridgehead atoms. The van der Waals surface area contributed by atoms with Crippen molar-refractivity contribution in [2.75, 3.05) is 24.2 Å². The van der Waals surface area contributed by atoms with Crippen LogP contribution < -0.4 is 21.3 Å². The number of anilines is 2. The average Bonchev–Trinajstić information content (AvgIpc) is 3.72. The Morgan fingerprint density at radius 1 is 1.00 bits per heavy atom. The normalized spacial score (nSPS) is 25.2. The predicted molar refractivity (Wildman–Crippen MR) is 169 cm³/mol. The molecule has 2 aromatic carbocycles. The molecule has 4 N–H and O–H groups in total. The molecule has 3 fully saturated rings. The first-order chi connectivity index (χ1) is 21.7. The maximum atomic E-state index is 14.1. The first-order valence-corrected chi connectivity index (χ1v) is 15.7. The maximum Gasteiger partial charge on any atom is 0.244 e. The standard InChI is InChI=1S/C35H38N6O4/c1-21(42)40-34-13-26(14-34)28(17-34)32(44)41(19-24-7-4-3-6-23(24)18-36-2)20-30(43)38-27-10-9-22-15-35(16-25(22)12-27)29-8-5-11-37-31(29)39-33(35)45/h3-12,26,28,36H,13-20H2,1-2H3,(H,38,43)(H,40,42)(H,37,39,45)/t26?,28?,34?,35-/m1/s1. The third-order valence-corrected chi connectivity index (χ3v) is 10.2. The summed E-state index contributed by atoms with van der Waals surface area (Å²) in [6.45, 7) is 2.39. The number of benzene rings is 2. The molecule has 5 aliphatic rings.